The van der Waals surface area contributed by atoms with Crippen LogP contribution in [0.1, 0.15) is 27.7 Å². The molecule has 0 radical (unpaired) electrons. The van der Waals surface area contributed by atoms with Crippen molar-refractivity contribution in [3.63, 3.8) is 0 Å². The molecule has 0 atom stereocenters. The molecular weight excluding hydrogens is 175 g/mol. The molecule has 0 rings (SSSR count). The highest BCUT2D eigenvalue weighted by molar-refractivity contribution is 7.42. The summed E-state index contributed by atoms with van der Waals surface area (Å²) in [5, 5.41) is 0. The van der Waals surface area contributed by atoms with E-state index in [9.17, 15) is 0 Å². The van der Waals surface area contributed by atoms with Crippen LogP contribution in [0.2, 0.25) is 0 Å². The Morgan fingerprint density at radius 2 is 1.25 bits per heavy atom. The molecule has 0 aromatic heterocycles. The van der Waals surface area contributed by atoms with Crippen LogP contribution in [0.15, 0.2) is 0 Å². The van der Waals surface area contributed by atoms with Crippen molar-refractivity contribution in [2.75, 3.05) is 7.05 Å². The molecule has 0 bridgehead atoms. The van der Waals surface area contributed by atoms with Gasteiger partial charge in [-0.1, -0.05) is 0 Å². The highest BCUT2D eigenvalue weighted by atomic mass is 31.2. The summed E-state index contributed by atoms with van der Waals surface area (Å²) in [5.41, 5.74) is 4.29. The first-order chi connectivity index (χ1) is 5.29. The van der Waals surface area contributed by atoms with Gasteiger partial charge in [-0.15, -0.1) is 0 Å². The van der Waals surface area contributed by atoms with Crippen molar-refractivity contribution in [1.29, 1.82) is 0 Å². The summed E-state index contributed by atoms with van der Waals surface area (Å²) in [7, 11) is 0.0278. The van der Waals surface area contributed by atoms with E-state index in [-0.39, 0.29) is 0 Å². The number of hydrogen-bond donors (Lipinski definition) is 3. The van der Waals surface area contributed by atoms with Crippen molar-refractivity contribution in [3.8, 4) is 0 Å². The van der Waals surface area contributed by atoms with E-state index in [1.165, 1.54) is 0 Å². The molecule has 0 aliphatic rings. The average Bonchev–Trinajstić information content (AvgIpc) is 1.84. The van der Waals surface area contributed by atoms with Gasteiger partial charge in [0.15, 0.2) is 0 Å². The number of nitrogens with two attached hydrogens (primary N) is 1. The van der Waals surface area contributed by atoms with Gasteiger partial charge in [0.25, 0.3) is 0 Å². The van der Waals surface area contributed by atoms with Crippen molar-refractivity contribution in [3.05, 3.63) is 0 Å². The van der Waals surface area contributed by atoms with Gasteiger partial charge in [-0.3, -0.25) is 5.50 Å². The molecule has 5 heteroatoms. The second-order valence-electron chi connectivity index (χ2n) is 3.17. The normalized spacial score (nSPS) is 11.0. The van der Waals surface area contributed by atoms with E-state index in [2.05, 4.69) is 45.1 Å². The van der Waals surface area contributed by atoms with Gasteiger partial charge < -0.3 is 14.7 Å². The van der Waals surface area contributed by atoms with Gasteiger partial charge in [-0.25, -0.2) is 0 Å². The molecule has 0 saturated carbocycles. The lowest BCUT2D eigenvalue weighted by Crippen LogP contribution is -2.32. The lowest BCUT2D eigenvalue weighted by molar-refractivity contribution is 0.222. The first-order valence-electron chi connectivity index (χ1n) is 3.93. The third-order valence-corrected chi connectivity index (χ3v) is 1.63. The molecule has 0 aliphatic carbocycles. The topological polar surface area (TPSA) is 69.7 Å². The maximum Gasteiger partial charge on any atom is 0.247 e. The van der Waals surface area contributed by atoms with Crippen molar-refractivity contribution in [2.45, 2.75) is 39.8 Å². The van der Waals surface area contributed by atoms with Gasteiger partial charge in [-0.2, -0.15) is 0 Å². The Hall–Kier alpha value is 0.270. The molecule has 0 fully saturated rings. The fourth-order valence-electron chi connectivity index (χ4n) is 0.596. The van der Waals surface area contributed by atoms with Gasteiger partial charge in [0.2, 0.25) is 8.53 Å². The van der Waals surface area contributed by atoms with Gasteiger partial charge in [0, 0.05) is 12.1 Å². The molecule has 0 saturated heterocycles. The molecule has 0 aromatic carbocycles. The smallest absolute Gasteiger partial charge is 0.247 e. The van der Waals surface area contributed by atoms with Crippen molar-refractivity contribution in [2.24, 2.45) is 5.50 Å². The molecule has 0 spiro atoms. The van der Waals surface area contributed by atoms with Crippen LogP contribution < -0.4 is 5.50 Å². The third kappa shape index (κ3) is 12.9. The van der Waals surface area contributed by atoms with E-state index >= 15 is 0 Å². The van der Waals surface area contributed by atoms with Gasteiger partial charge in [0.05, 0.1) is 0 Å². The third-order valence-electron chi connectivity index (χ3n) is 1.63. The second kappa shape index (κ2) is 7.90. The molecule has 4 nitrogen and oxygen atoms in total. The number of hydrogen-bond acceptors (Lipinski definition) is 4. The maximum absolute atomic E-state index is 7.45. The van der Waals surface area contributed by atoms with E-state index < -0.39 is 8.53 Å². The molecule has 0 aromatic rings. The van der Waals surface area contributed by atoms with Crippen LogP contribution in [-0.4, -0.2) is 33.8 Å². The summed E-state index contributed by atoms with van der Waals surface area (Å²) in [6, 6.07) is 1.35. The predicted molar refractivity (Wildman–Crippen MR) is 53.6 cm³/mol. The minimum Gasteiger partial charge on any atom is -0.338 e. The zero-order valence-corrected chi connectivity index (χ0v) is 9.42. The standard InChI is InChI=1S/C7H17N.H4NO2P/c1-6(2)8(5)7(3)4;1-4(2)3/h6-7H,1-5H3;2-3H,1H2. The van der Waals surface area contributed by atoms with Crippen LogP contribution >= 0.6 is 8.53 Å². The monoisotopic (exact) mass is 196 g/mol. The van der Waals surface area contributed by atoms with Crippen LogP contribution in [0.4, 0.5) is 0 Å². The molecule has 4 N–H and O–H groups in total. The van der Waals surface area contributed by atoms with Gasteiger partial charge in [0.1, 0.15) is 0 Å². The predicted octanol–water partition coefficient (Wildman–Crippen LogP) is 0.892. The summed E-state index contributed by atoms with van der Waals surface area (Å²) in [6.45, 7) is 8.83. The highest BCUT2D eigenvalue weighted by Crippen LogP contribution is 2.05. The van der Waals surface area contributed by atoms with E-state index in [0.717, 1.165) is 0 Å². The minimum absolute atomic E-state index is 0.676. The van der Waals surface area contributed by atoms with Crippen molar-refractivity contribution >= 4 is 8.53 Å². The van der Waals surface area contributed by atoms with Gasteiger partial charge >= 0.3 is 0 Å². The number of nitrogens with zero attached hydrogens (tertiary/aromatic N) is 1. The molecule has 76 valence electrons. The summed E-state index contributed by atoms with van der Waals surface area (Å²) < 4.78 is 0. The molecule has 0 heterocycles. The van der Waals surface area contributed by atoms with Crippen LogP contribution in [0, 0.1) is 0 Å². The zero-order chi connectivity index (χ0) is 10.3. The Morgan fingerprint density at radius 1 is 1.08 bits per heavy atom. The first kappa shape index (κ1) is 14.8. The SMILES string of the molecule is CC(C)N(C)C(C)C.NP(O)O. The Bertz CT molecular complexity index is 88.7. The molecule has 0 aliphatic heterocycles. The lowest BCUT2D eigenvalue weighted by Gasteiger charge is -2.24. The molecule has 12 heavy (non-hydrogen) atoms. The van der Waals surface area contributed by atoms with E-state index in [0.29, 0.717) is 12.1 Å². The summed E-state index contributed by atoms with van der Waals surface area (Å²) >= 11 is 0. The first-order valence-corrected chi connectivity index (χ1v) is 5.25. The molecule has 0 unspecified atom stereocenters. The van der Waals surface area contributed by atoms with Crippen molar-refractivity contribution < 1.29 is 9.79 Å². The van der Waals surface area contributed by atoms with Crippen LogP contribution in [0.3, 0.4) is 0 Å². The summed E-state index contributed by atoms with van der Waals surface area (Å²) in [4.78, 5) is 17.2. The van der Waals surface area contributed by atoms with Crippen LogP contribution in [0.25, 0.3) is 0 Å². The van der Waals surface area contributed by atoms with Crippen molar-refractivity contribution in [1.82, 2.24) is 4.90 Å². The van der Waals surface area contributed by atoms with E-state index in [1.807, 2.05) is 0 Å². The largest absolute Gasteiger partial charge is 0.338 e. The average molecular weight is 196 g/mol. The Balaban J connectivity index is 0. The van der Waals surface area contributed by atoms with Gasteiger partial charge in [-0.05, 0) is 34.7 Å². The fourth-order valence-corrected chi connectivity index (χ4v) is 0.596. The van der Waals surface area contributed by atoms with Crippen LogP contribution in [-0.2, 0) is 0 Å². The lowest BCUT2D eigenvalue weighted by atomic mass is 10.3. The zero-order valence-electron chi connectivity index (χ0n) is 8.52. The highest BCUT2D eigenvalue weighted by Gasteiger charge is 2.04. The fraction of sp³-hybridized carbons (Fsp3) is 1.00. The Kier molecular flexibility index (Phi) is 9.72. The Labute approximate surface area is 76.4 Å². The maximum atomic E-state index is 7.45. The number of rotatable bonds is 2. The summed E-state index contributed by atoms with van der Waals surface area (Å²) in [5.74, 6) is 0. The van der Waals surface area contributed by atoms with E-state index in [4.69, 9.17) is 9.79 Å². The van der Waals surface area contributed by atoms with E-state index in [1.54, 1.807) is 0 Å². The quantitative estimate of drug-likeness (QED) is 0.574. The minimum atomic E-state index is -2.12. The Morgan fingerprint density at radius 3 is 1.25 bits per heavy atom. The van der Waals surface area contributed by atoms with Crippen LogP contribution in [0.5, 0.6) is 0 Å². The molecular formula is C7H21N2O2P. The summed E-state index contributed by atoms with van der Waals surface area (Å²) in [6.07, 6.45) is 0. The second-order valence-corrected chi connectivity index (χ2v) is 3.81. The molecule has 0 amide bonds.